The van der Waals surface area contributed by atoms with Crippen LogP contribution in [0.5, 0.6) is 0 Å². The Labute approximate surface area is 115 Å². The van der Waals surface area contributed by atoms with Crippen molar-refractivity contribution in [1.29, 1.82) is 5.26 Å². The Balaban J connectivity index is 2.15. The molecule has 2 rings (SSSR count). The number of halogens is 1. The maximum absolute atomic E-state index is 11.3. The molecule has 1 saturated heterocycles. The molecule has 0 N–H and O–H groups in total. The van der Waals surface area contributed by atoms with Crippen LogP contribution >= 0.6 is 23.1 Å². The quantitative estimate of drug-likeness (QED) is 0.788. The zero-order valence-corrected chi connectivity index (χ0v) is 11.6. The summed E-state index contributed by atoms with van der Waals surface area (Å²) in [5.74, 6) is 0.0969. The van der Waals surface area contributed by atoms with Crippen LogP contribution in [-0.4, -0.2) is 41.4 Å². The average Bonchev–Trinajstić information content (AvgIpc) is 2.58. The van der Waals surface area contributed by atoms with Gasteiger partial charge in [0.25, 0.3) is 0 Å². The summed E-state index contributed by atoms with van der Waals surface area (Å²) in [6, 6.07) is 2.09. The number of aromatic nitrogens is 1. The van der Waals surface area contributed by atoms with Crippen LogP contribution in [0.3, 0.4) is 0 Å². The van der Waals surface area contributed by atoms with Crippen LogP contribution in [0.15, 0.2) is 0 Å². The lowest BCUT2D eigenvalue weighted by Crippen LogP contribution is -2.33. The summed E-state index contributed by atoms with van der Waals surface area (Å²) < 4.78 is 4.01. The van der Waals surface area contributed by atoms with Gasteiger partial charge >= 0.3 is 0 Å². The predicted octanol–water partition coefficient (Wildman–Crippen LogP) is 1.73. The Morgan fingerprint density at radius 1 is 1.44 bits per heavy atom. The summed E-state index contributed by atoms with van der Waals surface area (Å²) in [5, 5.41) is 10.2. The third kappa shape index (κ3) is 2.57. The third-order valence-electron chi connectivity index (χ3n) is 2.97. The van der Waals surface area contributed by atoms with Crippen molar-refractivity contribution in [1.82, 2.24) is 9.27 Å². The second-order valence-electron chi connectivity index (χ2n) is 4.11. The molecule has 1 aliphatic rings. The number of rotatable bonds is 1. The Morgan fingerprint density at radius 3 is 2.89 bits per heavy atom. The zero-order valence-electron chi connectivity index (χ0n) is 10.0. The first kappa shape index (κ1) is 13.1. The fourth-order valence-electron chi connectivity index (χ4n) is 2.01. The van der Waals surface area contributed by atoms with Crippen molar-refractivity contribution < 1.29 is 4.79 Å². The van der Waals surface area contributed by atoms with E-state index in [0.29, 0.717) is 18.7 Å². The molecular formula is C11H13ClN4OS. The molecule has 0 atom stereocenters. The number of carbonyl (C=O) groups excluding carboxylic acids is 1. The number of amides is 1. The van der Waals surface area contributed by atoms with Gasteiger partial charge in [-0.25, -0.2) is 0 Å². The van der Waals surface area contributed by atoms with Gasteiger partial charge in [0.1, 0.15) is 16.6 Å². The predicted molar refractivity (Wildman–Crippen MR) is 70.9 cm³/mol. The van der Waals surface area contributed by atoms with Crippen molar-refractivity contribution in [2.45, 2.75) is 13.3 Å². The standard InChI is InChI=1S/C11H13ClN4OS/c1-8(17)15-3-2-4-16(6-5-15)11-9(7-13)10(12)14-18-11/h2-6H2,1H3. The Morgan fingerprint density at radius 2 is 2.22 bits per heavy atom. The number of hydrogen-bond donors (Lipinski definition) is 0. The maximum Gasteiger partial charge on any atom is 0.219 e. The maximum atomic E-state index is 11.3. The highest BCUT2D eigenvalue weighted by Gasteiger charge is 2.22. The Bertz CT molecular complexity index is 496. The molecule has 5 nitrogen and oxygen atoms in total. The Hall–Kier alpha value is -1.32. The molecule has 96 valence electrons. The van der Waals surface area contributed by atoms with Crippen molar-refractivity contribution in [3.63, 3.8) is 0 Å². The van der Waals surface area contributed by atoms with Crippen LogP contribution in [0.25, 0.3) is 0 Å². The second-order valence-corrected chi connectivity index (χ2v) is 5.22. The van der Waals surface area contributed by atoms with E-state index < -0.39 is 0 Å². The smallest absolute Gasteiger partial charge is 0.219 e. The number of nitrogens with zero attached hydrogens (tertiary/aromatic N) is 4. The molecule has 0 radical (unpaired) electrons. The highest BCUT2D eigenvalue weighted by atomic mass is 35.5. The fourth-order valence-corrected chi connectivity index (χ4v) is 3.09. The minimum Gasteiger partial charge on any atom is -0.359 e. The molecule has 0 spiro atoms. The average molecular weight is 285 g/mol. The summed E-state index contributed by atoms with van der Waals surface area (Å²) in [5.41, 5.74) is 0.443. The largest absolute Gasteiger partial charge is 0.359 e. The van der Waals surface area contributed by atoms with E-state index in [2.05, 4.69) is 15.3 Å². The molecule has 1 amide bonds. The minimum atomic E-state index is 0.0969. The molecular weight excluding hydrogens is 272 g/mol. The van der Waals surface area contributed by atoms with E-state index in [4.69, 9.17) is 16.9 Å². The first-order valence-corrected chi connectivity index (χ1v) is 6.84. The molecule has 1 fully saturated rings. The summed E-state index contributed by atoms with van der Waals surface area (Å²) >= 11 is 7.11. The molecule has 0 saturated carbocycles. The van der Waals surface area contributed by atoms with E-state index in [0.717, 1.165) is 24.5 Å². The van der Waals surface area contributed by atoms with Gasteiger partial charge in [-0.1, -0.05) is 11.6 Å². The topological polar surface area (TPSA) is 60.2 Å². The molecule has 0 aromatic carbocycles. The number of anilines is 1. The Kier molecular flexibility index (Phi) is 4.04. The van der Waals surface area contributed by atoms with Gasteiger partial charge in [-0.2, -0.15) is 9.64 Å². The first-order chi connectivity index (χ1) is 8.63. The lowest BCUT2D eigenvalue weighted by molar-refractivity contribution is -0.128. The molecule has 1 aliphatic heterocycles. The van der Waals surface area contributed by atoms with Crippen molar-refractivity contribution in [2.75, 3.05) is 31.1 Å². The van der Waals surface area contributed by atoms with Crippen molar-refractivity contribution >= 4 is 34.0 Å². The second kappa shape index (κ2) is 5.55. The lowest BCUT2D eigenvalue weighted by atomic mass is 10.3. The van der Waals surface area contributed by atoms with Gasteiger partial charge in [0.2, 0.25) is 5.91 Å². The summed E-state index contributed by atoms with van der Waals surface area (Å²) in [7, 11) is 0. The molecule has 0 unspecified atom stereocenters. The van der Waals surface area contributed by atoms with Crippen LogP contribution in [0.1, 0.15) is 18.9 Å². The van der Waals surface area contributed by atoms with E-state index >= 15 is 0 Å². The van der Waals surface area contributed by atoms with Crippen LogP contribution in [0, 0.1) is 11.3 Å². The van der Waals surface area contributed by atoms with Gasteiger partial charge in [0, 0.05) is 33.1 Å². The van der Waals surface area contributed by atoms with Gasteiger partial charge in [-0.15, -0.1) is 0 Å². The van der Waals surface area contributed by atoms with Gasteiger partial charge < -0.3 is 9.80 Å². The third-order valence-corrected chi connectivity index (χ3v) is 4.26. The minimum absolute atomic E-state index is 0.0969. The van der Waals surface area contributed by atoms with E-state index in [1.165, 1.54) is 11.5 Å². The monoisotopic (exact) mass is 284 g/mol. The molecule has 1 aromatic rings. The van der Waals surface area contributed by atoms with Crippen molar-refractivity contribution in [2.24, 2.45) is 0 Å². The summed E-state index contributed by atoms with van der Waals surface area (Å²) in [4.78, 5) is 15.3. The summed E-state index contributed by atoms with van der Waals surface area (Å²) in [6.07, 6.45) is 0.889. The van der Waals surface area contributed by atoms with E-state index in [1.807, 2.05) is 4.90 Å². The van der Waals surface area contributed by atoms with Gasteiger partial charge in [0.05, 0.1) is 0 Å². The number of hydrogen-bond acceptors (Lipinski definition) is 5. The zero-order chi connectivity index (χ0) is 13.1. The van der Waals surface area contributed by atoms with Crippen molar-refractivity contribution in [3.8, 4) is 6.07 Å². The SMILES string of the molecule is CC(=O)N1CCCN(c2snc(Cl)c2C#N)CC1. The highest BCUT2D eigenvalue weighted by Crippen LogP contribution is 2.31. The number of carbonyl (C=O) groups is 1. The van der Waals surface area contributed by atoms with Crippen LogP contribution in [-0.2, 0) is 4.79 Å². The van der Waals surface area contributed by atoms with Crippen LogP contribution in [0.2, 0.25) is 5.15 Å². The van der Waals surface area contributed by atoms with Crippen LogP contribution < -0.4 is 4.90 Å². The van der Waals surface area contributed by atoms with E-state index in [9.17, 15) is 4.79 Å². The highest BCUT2D eigenvalue weighted by molar-refractivity contribution is 7.10. The normalized spacial score (nSPS) is 16.3. The number of nitriles is 1. The molecule has 1 aromatic heterocycles. The van der Waals surface area contributed by atoms with Gasteiger partial charge in [-0.3, -0.25) is 4.79 Å². The first-order valence-electron chi connectivity index (χ1n) is 5.69. The van der Waals surface area contributed by atoms with Crippen molar-refractivity contribution in [3.05, 3.63) is 10.7 Å². The van der Waals surface area contributed by atoms with Gasteiger partial charge in [-0.05, 0) is 18.0 Å². The molecule has 0 bridgehead atoms. The molecule has 0 aliphatic carbocycles. The summed E-state index contributed by atoms with van der Waals surface area (Å²) in [6.45, 7) is 4.56. The molecule has 7 heteroatoms. The fraction of sp³-hybridized carbons (Fsp3) is 0.545. The van der Waals surface area contributed by atoms with E-state index in [1.54, 1.807) is 6.92 Å². The molecule has 2 heterocycles. The van der Waals surface area contributed by atoms with E-state index in [-0.39, 0.29) is 11.1 Å². The van der Waals surface area contributed by atoms with Crippen LogP contribution in [0.4, 0.5) is 5.00 Å². The van der Waals surface area contributed by atoms with Gasteiger partial charge in [0.15, 0.2) is 5.15 Å². The lowest BCUT2D eigenvalue weighted by Gasteiger charge is -2.21. The molecule has 18 heavy (non-hydrogen) atoms.